The van der Waals surface area contributed by atoms with Crippen molar-refractivity contribution in [3.8, 4) is 0 Å². The van der Waals surface area contributed by atoms with Gasteiger partial charge in [0, 0.05) is 13.1 Å². The van der Waals surface area contributed by atoms with Gasteiger partial charge < -0.3 is 16.2 Å². The molecule has 0 aromatic carbocycles. The first kappa shape index (κ1) is 14.1. The van der Waals surface area contributed by atoms with Crippen LogP contribution in [0, 0.1) is 5.92 Å². The van der Waals surface area contributed by atoms with Crippen LogP contribution in [0.1, 0.15) is 19.0 Å². The van der Waals surface area contributed by atoms with Crippen LogP contribution in [-0.4, -0.2) is 38.5 Å². The SMILES string of the molecule is CCC(CNC(=O)Cn1cc(CN)nn1)C(=O)O. The van der Waals surface area contributed by atoms with Crippen molar-refractivity contribution in [3.63, 3.8) is 0 Å². The van der Waals surface area contributed by atoms with Crippen molar-refractivity contribution in [2.75, 3.05) is 6.54 Å². The predicted molar refractivity (Wildman–Crippen MR) is 62.3 cm³/mol. The number of carbonyl (C=O) groups excluding carboxylic acids is 1. The van der Waals surface area contributed by atoms with Crippen LogP contribution in [0.15, 0.2) is 6.20 Å². The quantitative estimate of drug-likeness (QED) is 0.572. The summed E-state index contributed by atoms with van der Waals surface area (Å²) in [5.41, 5.74) is 5.96. The maximum absolute atomic E-state index is 11.5. The molecule has 0 fully saturated rings. The van der Waals surface area contributed by atoms with Crippen molar-refractivity contribution >= 4 is 11.9 Å². The first-order valence-corrected chi connectivity index (χ1v) is 5.65. The van der Waals surface area contributed by atoms with Gasteiger partial charge in [0.25, 0.3) is 0 Å². The minimum absolute atomic E-state index is 0.00303. The van der Waals surface area contributed by atoms with Gasteiger partial charge in [-0.25, -0.2) is 4.68 Å². The van der Waals surface area contributed by atoms with E-state index in [0.29, 0.717) is 12.1 Å². The van der Waals surface area contributed by atoms with E-state index in [1.54, 1.807) is 13.1 Å². The van der Waals surface area contributed by atoms with E-state index in [1.807, 2.05) is 0 Å². The molecular formula is C10H17N5O3. The third-order valence-electron chi connectivity index (χ3n) is 2.49. The minimum Gasteiger partial charge on any atom is -0.481 e. The maximum atomic E-state index is 11.5. The molecule has 8 heteroatoms. The molecule has 0 aliphatic heterocycles. The molecule has 18 heavy (non-hydrogen) atoms. The molecule has 1 amide bonds. The topological polar surface area (TPSA) is 123 Å². The Morgan fingerprint density at radius 2 is 2.33 bits per heavy atom. The van der Waals surface area contributed by atoms with Crippen molar-refractivity contribution in [3.05, 3.63) is 11.9 Å². The Morgan fingerprint density at radius 3 is 2.83 bits per heavy atom. The van der Waals surface area contributed by atoms with Crippen LogP contribution >= 0.6 is 0 Å². The number of carboxylic acids is 1. The zero-order chi connectivity index (χ0) is 13.5. The fraction of sp³-hybridized carbons (Fsp3) is 0.600. The van der Waals surface area contributed by atoms with Crippen LogP contribution in [0.4, 0.5) is 0 Å². The molecule has 1 heterocycles. The van der Waals surface area contributed by atoms with E-state index in [4.69, 9.17) is 10.8 Å². The number of carbonyl (C=O) groups is 2. The molecule has 1 rings (SSSR count). The lowest BCUT2D eigenvalue weighted by atomic mass is 10.1. The van der Waals surface area contributed by atoms with Gasteiger partial charge in [-0.15, -0.1) is 5.10 Å². The summed E-state index contributed by atoms with van der Waals surface area (Å²) in [6.45, 7) is 2.14. The van der Waals surface area contributed by atoms with Gasteiger partial charge in [0.2, 0.25) is 5.91 Å². The van der Waals surface area contributed by atoms with Crippen molar-refractivity contribution < 1.29 is 14.7 Å². The highest BCUT2D eigenvalue weighted by atomic mass is 16.4. The van der Waals surface area contributed by atoms with Gasteiger partial charge in [-0.05, 0) is 6.42 Å². The molecular weight excluding hydrogens is 238 g/mol. The highest BCUT2D eigenvalue weighted by Crippen LogP contribution is 2.00. The van der Waals surface area contributed by atoms with Gasteiger partial charge in [-0.1, -0.05) is 12.1 Å². The van der Waals surface area contributed by atoms with Crippen LogP contribution in [0.2, 0.25) is 0 Å². The fourth-order valence-electron chi connectivity index (χ4n) is 1.36. The molecule has 0 saturated carbocycles. The van der Waals surface area contributed by atoms with Crippen LogP contribution in [-0.2, 0) is 22.7 Å². The average Bonchev–Trinajstić information content (AvgIpc) is 2.77. The third kappa shape index (κ3) is 4.13. The van der Waals surface area contributed by atoms with E-state index >= 15 is 0 Å². The number of hydrogen-bond donors (Lipinski definition) is 3. The lowest BCUT2D eigenvalue weighted by molar-refractivity contribution is -0.141. The van der Waals surface area contributed by atoms with Gasteiger partial charge in [-0.2, -0.15) is 0 Å². The Bertz CT molecular complexity index is 417. The van der Waals surface area contributed by atoms with E-state index in [-0.39, 0.29) is 25.5 Å². The number of aliphatic carboxylic acids is 1. The Morgan fingerprint density at radius 1 is 1.61 bits per heavy atom. The number of rotatable bonds is 7. The van der Waals surface area contributed by atoms with E-state index in [9.17, 15) is 9.59 Å². The first-order chi connectivity index (χ1) is 8.56. The molecule has 1 unspecified atom stereocenters. The van der Waals surface area contributed by atoms with E-state index in [1.165, 1.54) is 4.68 Å². The zero-order valence-electron chi connectivity index (χ0n) is 10.2. The number of aromatic nitrogens is 3. The molecule has 0 spiro atoms. The van der Waals surface area contributed by atoms with Gasteiger partial charge in [0.05, 0.1) is 17.8 Å². The summed E-state index contributed by atoms with van der Waals surface area (Å²) in [4.78, 5) is 22.3. The Kier molecular flexibility index (Phi) is 5.25. The first-order valence-electron chi connectivity index (χ1n) is 5.65. The molecule has 100 valence electrons. The van der Waals surface area contributed by atoms with Crippen molar-refractivity contribution in [1.82, 2.24) is 20.3 Å². The number of nitrogens with one attached hydrogen (secondary N) is 1. The number of nitrogens with two attached hydrogens (primary N) is 1. The van der Waals surface area contributed by atoms with Crippen LogP contribution in [0.25, 0.3) is 0 Å². The predicted octanol–water partition coefficient (Wildman–Crippen LogP) is -1.04. The molecule has 1 aromatic heterocycles. The van der Waals surface area contributed by atoms with Gasteiger partial charge in [-0.3, -0.25) is 9.59 Å². The second kappa shape index (κ2) is 6.70. The summed E-state index contributed by atoms with van der Waals surface area (Å²) in [6.07, 6.45) is 2.05. The Balaban J connectivity index is 2.39. The number of amides is 1. The van der Waals surface area contributed by atoms with Crippen LogP contribution < -0.4 is 11.1 Å². The van der Waals surface area contributed by atoms with Crippen molar-refractivity contribution in [2.45, 2.75) is 26.4 Å². The lowest BCUT2D eigenvalue weighted by Crippen LogP contribution is -2.34. The highest BCUT2D eigenvalue weighted by Gasteiger charge is 2.16. The smallest absolute Gasteiger partial charge is 0.308 e. The third-order valence-corrected chi connectivity index (χ3v) is 2.49. The van der Waals surface area contributed by atoms with E-state index < -0.39 is 11.9 Å². The molecule has 1 atom stereocenters. The van der Waals surface area contributed by atoms with Gasteiger partial charge in [0.1, 0.15) is 6.54 Å². The summed E-state index contributed by atoms with van der Waals surface area (Å²) >= 11 is 0. The molecule has 0 aliphatic carbocycles. The molecule has 0 radical (unpaired) electrons. The second-order valence-electron chi connectivity index (χ2n) is 3.86. The Hall–Kier alpha value is -1.96. The zero-order valence-corrected chi connectivity index (χ0v) is 10.2. The van der Waals surface area contributed by atoms with Crippen molar-refractivity contribution in [1.29, 1.82) is 0 Å². The summed E-state index contributed by atoms with van der Waals surface area (Å²) in [7, 11) is 0. The van der Waals surface area contributed by atoms with E-state index in [0.717, 1.165) is 0 Å². The highest BCUT2D eigenvalue weighted by molar-refractivity contribution is 5.77. The average molecular weight is 255 g/mol. The van der Waals surface area contributed by atoms with Crippen LogP contribution in [0.5, 0.6) is 0 Å². The minimum atomic E-state index is -0.913. The van der Waals surface area contributed by atoms with Crippen molar-refractivity contribution in [2.24, 2.45) is 11.7 Å². The molecule has 0 aliphatic rings. The standard InChI is InChI=1S/C10H17N5O3/c1-2-7(10(17)18)4-12-9(16)6-15-5-8(3-11)13-14-15/h5,7H,2-4,6,11H2,1H3,(H,12,16)(H,17,18). The number of carboxylic acid groups (broad SMARTS) is 1. The van der Waals surface area contributed by atoms with Crippen LogP contribution in [0.3, 0.4) is 0 Å². The summed E-state index contributed by atoms with van der Waals surface area (Å²) in [5, 5.41) is 18.8. The van der Waals surface area contributed by atoms with E-state index in [2.05, 4.69) is 15.6 Å². The summed E-state index contributed by atoms with van der Waals surface area (Å²) in [6, 6.07) is 0. The fourth-order valence-corrected chi connectivity index (χ4v) is 1.36. The molecule has 0 bridgehead atoms. The lowest BCUT2D eigenvalue weighted by Gasteiger charge is -2.10. The van der Waals surface area contributed by atoms with Gasteiger partial charge in [0.15, 0.2) is 0 Å². The number of hydrogen-bond acceptors (Lipinski definition) is 5. The number of nitrogens with zero attached hydrogens (tertiary/aromatic N) is 3. The second-order valence-corrected chi connectivity index (χ2v) is 3.86. The molecule has 8 nitrogen and oxygen atoms in total. The van der Waals surface area contributed by atoms with Gasteiger partial charge >= 0.3 is 5.97 Å². The molecule has 1 aromatic rings. The molecule has 4 N–H and O–H groups in total. The largest absolute Gasteiger partial charge is 0.481 e. The summed E-state index contributed by atoms with van der Waals surface area (Å²) in [5.74, 6) is -1.78. The maximum Gasteiger partial charge on any atom is 0.308 e. The monoisotopic (exact) mass is 255 g/mol. The Labute approximate surface area is 104 Å². The summed E-state index contributed by atoms with van der Waals surface area (Å²) < 4.78 is 1.36. The normalized spacial score (nSPS) is 12.1. The molecule has 0 saturated heterocycles.